The molecule has 1 amide bonds. The lowest BCUT2D eigenvalue weighted by Crippen LogP contribution is -2.23. The number of amides is 1. The fourth-order valence-electron chi connectivity index (χ4n) is 3.53. The molecule has 0 spiro atoms. The summed E-state index contributed by atoms with van der Waals surface area (Å²) in [6.07, 6.45) is 8.73. The summed E-state index contributed by atoms with van der Waals surface area (Å²) in [4.78, 5) is 27.1. The predicted octanol–water partition coefficient (Wildman–Crippen LogP) is 4.19. The third-order valence-electron chi connectivity index (χ3n) is 4.91. The number of nitriles is 1. The second-order valence-corrected chi connectivity index (χ2v) is 6.55. The molecule has 0 bridgehead atoms. The molecule has 132 valence electrons. The van der Waals surface area contributed by atoms with Crippen LogP contribution in [0, 0.1) is 11.3 Å². The summed E-state index contributed by atoms with van der Waals surface area (Å²) >= 11 is 0. The zero-order valence-electron chi connectivity index (χ0n) is 14.5. The van der Waals surface area contributed by atoms with Gasteiger partial charge in [0, 0.05) is 6.20 Å². The van der Waals surface area contributed by atoms with Crippen molar-refractivity contribution in [2.45, 2.75) is 38.0 Å². The van der Waals surface area contributed by atoms with Crippen LogP contribution in [-0.4, -0.2) is 10.9 Å². The van der Waals surface area contributed by atoms with Crippen molar-refractivity contribution < 1.29 is 4.79 Å². The van der Waals surface area contributed by atoms with E-state index in [1.807, 2.05) is 12.1 Å². The van der Waals surface area contributed by atoms with Crippen LogP contribution < -0.4 is 10.9 Å². The van der Waals surface area contributed by atoms with E-state index in [0.717, 1.165) is 31.2 Å². The van der Waals surface area contributed by atoms with Crippen LogP contribution in [0.4, 0.5) is 5.69 Å². The average molecular weight is 347 g/mol. The van der Waals surface area contributed by atoms with Crippen LogP contribution in [0.2, 0.25) is 0 Å². The van der Waals surface area contributed by atoms with E-state index in [0.29, 0.717) is 22.7 Å². The first-order valence-electron chi connectivity index (χ1n) is 8.83. The normalized spacial score (nSPS) is 14.4. The van der Waals surface area contributed by atoms with E-state index in [9.17, 15) is 14.9 Å². The summed E-state index contributed by atoms with van der Waals surface area (Å²) in [7, 11) is 0. The maximum Gasteiger partial charge on any atom is 0.261 e. The molecule has 1 saturated carbocycles. The molecule has 1 aliphatic rings. The molecule has 1 heterocycles. The highest BCUT2D eigenvalue weighted by Gasteiger charge is 2.21. The number of aromatic nitrogens is 1. The Morgan fingerprint density at radius 1 is 1.31 bits per heavy atom. The molecular weight excluding hydrogens is 326 g/mol. The number of H-pyrrole nitrogens is 1. The highest BCUT2D eigenvalue weighted by Crippen LogP contribution is 2.36. The number of nitrogens with zero attached hydrogens (tertiary/aromatic N) is 1. The van der Waals surface area contributed by atoms with Crippen LogP contribution in [0.25, 0.3) is 6.08 Å². The van der Waals surface area contributed by atoms with Crippen molar-refractivity contribution in [3.8, 4) is 6.07 Å². The topological polar surface area (TPSA) is 85.8 Å². The van der Waals surface area contributed by atoms with Gasteiger partial charge in [0.05, 0.1) is 11.3 Å². The number of benzene rings is 1. The van der Waals surface area contributed by atoms with Gasteiger partial charge in [-0.2, -0.15) is 5.26 Å². The average Bonchev–Trinajstić information content (AvgIpc) is 2.68. The van der Waals surface area contributed by atoms with Gasteiger partial charge in [0.15, 0.2) is 0 Å². The number of carbonyl (C=O) groups excluding carboxylic acids is 1. The molecule has 1 aromatic heterocycles. The van der Waals surface area contributed by atoms with Gasteiger partial charge < -0.3 is 10.3 Å². The van der Waals surface area contributed by atoms with Gasteiger partial charge in [-0.15, -0.1) is 0 Å². The van der Waals surface area contributed by atoms with E-state index in [-0.39, 0.29) is 5.56 Å². The van der Waals surface area contributed by atoms with Crippen LogP contribution >= 0.6 is 0 Å². The molecule has 26 heavy (non-hydrogen) atoms. The third kappa shape index (κ3) is 3.60. The van der Waals surface area contributed by atoms with Crippen molar-refractivity contribution in [1.82, 2.24) is 4.98 Å². The Hall–Kier alpha value is -3.13. The molecule has 3 rings (SSSR count). The van der Waals surface area contributed by atoms with Crippen molar-refractivity contribution >= 4 is 17.7 Å². The van der Waals surface area contributed by atoms with Gasteiger partial charge in [0.25, 0.3) is 11.5 Å². The molecule has 1 aliphatic carbocycles. The molecule has 1 fully saturated rings. The predicted molar refractivity (Wildman–Crippen MR) is 102 cm³/mol. The van der Waals surface area contributed by atoms with Gasteiger partial charge in [-0.05, 0) is 42.0 Å². The van der Waals surface area contributed by atoms with E-state index < -0.39 is 11.5 Å². The number of hydrogen-bond acceptors (Lipinski definition) is 3. The lowest BCUT2D eigenvalue weighted by atomic mass is 9.82. The maximum absolute atomic E-state index is 12.6. The van der Waals surface area contributed by atoms with Crippen molar-refractivity contribution in [1.29, 1.82) is 5.26 Å². The summed E-state index contributed by atoms with van der Waals surface area (Å²) in [5.41, 5.74) is 2.09. The zero-order valence-corrected chi connectivity index (χ0v) is 14.5. The van der Waals surface area contributed by atoms with Gasteiger partial charge in [0.2, 0.25) is 0 Å². The summed E-state index contributed by atoms with van der Waals surface area (Å²) in [5.74, 6) is -0.185. The Balaban J connectivity index is 1.93. The molecule has 0 atom stereocenters. The van der Waals surface area contributed by atoms with Gasteiger partial charge in [0.1, 0.15) is 11.6 Å². The first kappa shape index (κ1) is 17.7. The first-order valence-corrected chi connectivity index (χ1v) is 8.83. The minimum absolute atomic E-state index is 0.00522. The Labute approximate surface area is 152 Å². The maximum atomic E-state index is 12.6. The molecular formula is C21H21N3O2. The number of carbonyl (C=O) groups is 1. The smallest absolute Gasteiger partial charge is 0.261 e. The summed E-state index contributed by atoms with van der Waals surface area (Å²) in [5, 5.41) is 12.4. The monoisotopic (exact) mass is 347 g/mol. The van der Waals surface area contributed by atoms with Crippen LogP contribution in [0.15, 0.2) is 41.8 Å². The molecule has 0 aliphatic heterocycles. The Kier molecular flexibility index (Phi) is 5.33. The van der Waals surface area contributed by atoms with E-state index >= 15 is 0 Å². The number of nitrogens with one attached hydrogen (secondary N) is 2. The van der Waals surface area contributed by atoms with E-state index in [2.05, 4.69) is 22.9 Å². The SMILES string of the molecule is C=Cc1c[nH]c(=O)c(C(=O)Nc2cccc(C3CCCCC3)c2C#N)c1. The molecule has 0 radical (unpaired) electrons. The quantitative estimate of drug-likeness (QED) is 0.869. The zero-order chi connectivity index (χ0) is 18.5. The highest BCUT2D eigenvalue weighted by atomic mass is 16.2. The summed E-state index contributed by atoms with van der Waals surface area (Å²) in [6, 6.07) is 9.25. The van der Waals surface area contributed by atoms with Crippen molar-refractivity contribution in [2.75, 3.05) is 5.32 Å². The van der Waals surface area contributed by atoms with Crippen LogP contribution in [0.5, 0.6) is 0 Å². The van der Waals surface area contributed by atoms with Crippen molar-refractivity contribution in [2.24, 2.45) is 0 Å². The second kappa shape index (κ2) is 7.83. The number of pyridine rings is 1. The number of rotatable bonds is 4. The lowest BCUT2D eigenvalue weighted by Gasteiger charge is -2.23. The standard InChI is InChI=1S/C21H21N3O2/c1-2-14-11-17(20(25)23-13-14)21(26)24-19-10-6-9-16(18(19)12-22)15-7-4-3-5-8-15/h2,6,9-11,13,15H,1,3-5,7-8H2,(H,23,25)(H,24,26). The van der Waals surface area contributed by atoms with E-state index in [4.69, 9.17) is 0 Å². The largest absolute Gasteiger partial charge is 0.328 e. The summed E-state index contributed by atoms with van der Waals surface area (Å²) in [6.45, 7) is 3.64. The Bertz CT molecular complexity index is 931. The van der Waals surface area contributed by atoms with Gasteiger partial charge in [-0.3, -0.25) is 9.59 Å². The van der Waals surface area contributed by atoms with Crippen LogP contribution in [0.3, 0.4) is 0 Å². The first-order chi connectivity index (χ1) is 12.6. The number of hydrogen-bond donors (Lipinski definition) is 2. The molecule has 0 saturated heterocycles. The third-order valence-corrected chi connectivity index (χ3v) is 4.91. The minimum atomic E-state index is -0.535. The molecule has 5 nitrogen and oxygen atoms in total. The summed E-state index contributed by atoms with van der Waals surface area (Å²) < 4.78 is 0. The fourth-order valence-corrected chi connectivity index (χ4v) is 3.53. The molecule has 2 aromatic rings. The Morgan fingerprint density at radius 2 is 2.08 bits per heavy atom. The van der Waals surface area contributed by atoms with E-state index in [1.165, 1.54) is 18.7 Å². The second-order valence-electron chi connectivity index (χ2n) is 6.55. The number of aromatic amines is 1. The molecule has 5 heteroatoms. The molecule has 0 unspecified atom stereocenters. The van der Waals surface area contributed by atoms with Crippen molar-refractivity contribution in [3.05, 3.63) is 69.6 Å². The van der Waals surface area contributed by atoms with E-state index in [1.54, 1.807) is 12.1 Å². The fraction of sp³-hybridized carbons (Fsp3) is 0.286. The minimum Gasteiger partial charge on any atom is -0.328 e. The van der Waals surface area contributed by atoms with Crippen molar-refractivity contribution in [3.63, 3.8) is 0 Å². The van der Waals surface area contributed by atoms with Gasteiger partial charge in [-0.1, -0.05) is 44.1 Å². The molecule has 1 aromatic carbocycles. The van der Waals surface area contributed by atoms with Gasteiger partial charge >= 0.3 is 0 Å². The molecule has 2 N–H and O–H groups in total. The van der Waals surface area contributed by atoms with Crippen LogP contribution in [0.1, 0.15) is 65.1 Å². The lowest BCUT2D eigenvalue weighted by molar-refractivity contribution is 0.102. The van der Waals surface area contributed by atoms with Crippen LogP contribution in [-0.2, 0) is 0 Å². The Morgan fingerprint density at radius 3 is 2.77 bits per heavy atom. The number of anilines is 1. The highest BCUT2D eigenvalue weighted by molar-refractivity contribution is 6.05. The van der Waals surface area contributed by atoms with Gasteiger partial charge in [-0.25, -0.2) is 0 Å².